The molecule has 2 aliphatic heterocycles. The number of piperidine rings is 1. The summed E-state index contributed by atoms with van der Waals surface area (Å²) in [5.41, 5.74) is 6.81. The highest BCUT2D eigenvalue weighted by Crippen LogP contribution is 2.27. The fourth-order valence-electron chi connectivity index (χ4n) is 3.17. The number of carbonyl (C=O) groups is 2. The number of amides is 2. The van der Waals surface area contributed by atoms with Crippen LogP contribution in [0.5, 0.6) is 0 Å². The molecule has 0 spiro atoms. The van der Waals surface area contributed by atoms with Crippen molar-refractivity contribution in [1.29, 1.82) is 0 Å². The minimum Gasteiger partial charge on any atom is -0.436 e. The molecular weight excluding hydrogens is 298 g/mol. The van der Waals surface area contributed by atoms with Gasteiger partial charge in [0.1, 0.15) is 0 Å². The normalized spacial score (nSPS) is 24.8. The first kappa shape index (κ1) is 15.6. The van der Waals surface area contributed by atoms with Crippen LogP contribution in [-0.2, 0) is 9.53 Å². The van der Waals surface area contributed by atoms with Crippen LogP contribution in [0.3, 0.4) is 0 Å². The third-order valence-electron chi connectivity index (χ3n) is 4.34. The molecule has 7 nitrogen and oxygen atoms in total. The monoisotopic (exact) mass is 319 g/mol. The van der Waals surface area contributed by atoms with E-state index in [9.17, 15) is 14.7 Å². The highest BCUT2D eigenvalue weighted by molar-refractivity contribution is 5.98. The number of carbonyl (C=O) groups excluding carboxylic acids is 2. The van der Waals surface area contributed by atoms with Crippen molar-refractivity contribution in [1.82, 2.24) is 0 Å². The van der Waals surface area contributed by atoms with Crippen LogP contribution in [-0.4, -0.2) is 48.9 Å². The molecule has 0 bridgehead atoms. The summed E-state index contributed by atoms with van der Waals surface area (Å²) in [6.07, 6.45) is 0.0393. The third-order valence-corrected chi connectivity index (χ3v) is 4.34. The lowest BCUT2D eigenvalue weighted by molar-refractivity contribution is -0.128. The molecule has 3 rings (SSSR count). The first-order chi connectivity index (χ1) is 11.0. The minimum absolute atomic E-state index is 0.237. The van der Waals surface area contributed by atoms with Gasteiger partial charge in [0.2, 0.25) is 0 Å². The van der Waals surface area contributed by atoms with E-state index in [2.05, 4.69) is 4.90 Å². The van der Waals surface area contributed by atoms with E-state index in [4.69, 9.17) is 10.5 Å². The summed E-state index contributed by atoms with van der Waals surface area (Å²) in [6.45, 7) is 2.06. The molecule has 0 aromatic heterocycles. The van der Waals surface area contributed by atoms with E-state index in [0.717, 1.165) is 30.8 Å². The molecule has 23 heavy (non-hydrogen) atoms. The molecule has 2 heterocycles. The van der Waals surface area contributed by atoms with Crippen molar-refractivity contribution in [2.45, 2.75) is 31.5 Å². The Balaban J connectivity index is 1.71. The zero-order valence-corrected chi connectivity index (χ0v) is 12.9. The number of primary amides is 1. The van der Waals surface area contributed by atoms with Crippen molar-refractivity contribution < 1.29 is 19.4 Å². The van der Waals surface area contributed by atoms with E-state index < -0.39 is 12.2 Å². The molecule has 2 atom stereocenters. The summed E-state index contributed by atoms with van der Waals surface area (Å²) in [5, 5.41) is 9.61. The second-order valence-electron chi connectivity index (χ2n) is 5.96. The van der Waals surface area contributed by atoms with Gasteiger partial charge in [-0.3, -0.25) is 4.79 Å². The number of benzene rings is 1. The van der Waals surface area contributed by atoms with Gasteiger partial charge in [0, 0.05) is 31.0 Å². The standard InChI is InChI=1S/C16H21N3O4/c17-16(22)23-14-2-1-8-19(15(14)21)12-5-3-11(4-6-12)18-9-7-13(20)10-18/h3-6,13-14,20H,1-2,7-10H2,(H2,17,22). The van der Waals surface area contributed by atoms with Crippen molar-refractivity contribution in [3.05, 3.63) is 24.3 Å². The SMILES string of the molecule is NC(=O)OC1CCCN(c2ccc(N3CCC(O)C3)cc2)C1=O. The van der Waals surface area contributed by atoms with Crippen LogP contribution in [0.15, 0.2) is 24.3 Å². The average molecular weight is 319 g/mol. The Kier molecular flexibility index (Phi) is 4.38. The lowest BCUT2D eigenvalue weighted by Crippen LogP contribution is -2.46. The maximum atomic E-state index is 12.4. The average Bonchev–Trinajstić information content (AvgIpc) is 2.96. The number of aliphatic hydroxyl groups is 1. The number of ether oxygens (including phenoxy) is 1. The van der Waals surface area contributed by atoms with Crippen molar-refractivity contribution in [2.75, 3.05) is 29.4 Å². The van der Waals surface area contributed by atoms with E-state index in [-0.39, 0.29) is 12.0 Å². The summed E-state index contributed by atoms with van der Waals surface area (Å²) in [5.74, 6) is -0.237. The molecule has 2 aliphatic rings. The number of rotatable bonds is 3. The van der Waals surface area contributed by atoms with E-state index >= 15 is 0 Å². The molecule has 1 aromatic carbocycles. The van der Waals surface area contributed by atoms with E-state index in [1.807, 2.05) is 24.3 Å². The predicted octanol–water partition coefficient (Wildman–Crippen LogP) is 0.848. The maximum absolute atomic E-state index is 12.4. The van der Waals surface area contributed by atoms with Crippen LogP contribution in [0, 0.1) is 0 Å². The third kappa shape index (κ3) is 3.39. The van der Waals surface area contributed by atoms with Gasteiger partial charge in [-0.05, 0) is 43.5 Å². The molecule has 0 saturated carbocycles. The summed E-state index contributed by atoms with van der Waals surface area (Å²) < 4.78 is 4.88. The first-order valence-electron chi connectivity index (χ1n) is 7.85. The van der Waals surface area contributed by atoms with Crippen molar-refractivity contribution in [3.63, 3.8) is 0 Å². The van der Waals surface area contributed by atoms with E-state index in [0.29, 0.717) is 19.5 Å². The molecule has 0 aliphatic carbocycles. The fourth-order valence-corrected chi connectivity index (χ4v) is 3.17. The minimum atomic E-state index is -0.923. The number of anilines is 2. The van der Waals surface area contributed by atoms with Crippen LogP contribution in [0.1, 0.15) is 19.3 Å². The Morgan fingerprint density at radius 2 is 1.87 bits per heavy atom. The van der Waals surface area contributed by atoms with Crippen molar-refractivity contribution in [3.8, 4) is 0 Å². The van der Waals surface area contributed by atoms with Gasteiger partial charge < -0.3 is 25.4 Å². The zero-order valence-electron chi connectivity index (χ0n) is 12.9. The van der Waals surface area contributed by atoms with Gasteiger partial charge in [0.15, 0.2) is 6.10 Å². The molecule has 3 N–H and O–H groups in total. The zero-order chi connectivity index (χ0) is 16.4. The Morgan fingerprint density at radius 3 is 2.48 bits per heavy atom. The largest absolute Gasteiger partial charge is 0.436 e. The van der Waals surface area contributed by atoms with Crippen LogP contribution in [0.2, 0.25) is 0 Å². The summed E-state index contributed by atoms with van der Waals surface area (Å²) in [7, 11) is 0. The molecule has 7 heteroatoms. The smallest absolute Gasteiger partial charge is 0.405 e. The molecule has 1 aromatic rings. The van der Waals surface area contributed by atoms with Crippen LogP contribution >= 0.6 is 0 Å². The Hall–Kier alpha value is -2.28. The number of nitrogens with two attached hydrogens (primary N) is 1. The first-order valence-corrected chi connectivity index (χ1v) is 7.85. The van der Waals surface area contributed by atoms with Gasteiger partial charge in [-0.1, -0.05) is 0 Å². The number of nitrogens with zero attached hydrogens (tertiary/aromatic N) is 2. The highest BCUT2D eigenvalue weighted by Gasteiger charge is 2.32. The van der Waals surface area contributed by atoms with Gasteiger partial charge >= 0.3 is 6.09 Å². The fraction of sp³-hybridized carbons (Fsp3) is 0.500. The molecule has 2 saturated heterocycles. The second kappa shape index (κ2) is 6.45. The number of hydrogen-bond donors (Lipinski definition) is 2. The van der Waals surface area contributed by atoms with Gasteiger partial charge in [-0.25, -0.2) is 4.79 Å². The van der Waals surface area contributed by atoms with Crippen molar-refractivity contribution >= 4 is 23.4 Å². The summed E-state index contributed by atoms with van der Waals surface area (Å²) in [6, 6.07) is 7.65. The maximum Gasteiger partial charge on any atom is 0.405 e. The molecule has 124 valence electrons. The van der Waals surface area contributed by atoms with Crippen LogP contribution in [0.25, 0.3) is 0 Å². The molecular formula is C16H21N3O4. The topological polar surface area (TPSA) is 96.1 Å². The van der Waals surface area contributed by atoms with E-state index in [1.54, 1.807) is 4.90 Å². The number of β-amino-alcohol motifs (C(OH)–C–C–N with tert-alkyl or cyclic N) is 1. The summed E-state index contributed by atoms with van der Waals surface area (Å²) in [4.78, 5) is 27.0. The lowest BCUT2D eigenvalue weighted by atomic mass is 10.1. The summed E-state index contributed by atoms with van der Waals surface area (Å²) >= 11 is 0. The van der Waals surface area contributed by atoms with Gasteiger partial charge in [-0.2, -0.15) is 0 Å². The Morgan fingerprint density at radius 1 is 1.17 bits per heavy atom. The molecule has 2 fully saturated rings. The van der Waals surface area contributed by atoms with Gasteiger partial charge in [0.25, 0.3) is 5.91 Å². The lowest BCUT2D eigenvalue weighted by Gasteiger charge is -2.31. The van der Waals surface area contributed by atoms with Crippen molar-refractivity contribution in [2.24, 2.45) is 5.73 Å². The number of aliphatic hydroxyl groups excluding tert-OH is 1. The molecule has 2 unspecified atom stereocenters. The van der Waals surface area contributed by atoms with E-state index in [1.165, 1.54) is 0 Å². The molecule has 2 amide bonds. The quantitative estimate of drug-likeness (QED) is 0.861. The Bertz CT molecular complexity index is 589. The van der Waals surface area contributed by atoms with Gasteiger partial charge in [0.05, 0.1) is 6.10 Å². The predicted molar refractivity (Wildman–Crippen MR) is 85.3 cm³/mol. The highest BCUT2D eigenvalue weighted by atomic mass is 16.6. The second-order valence-corrected chi connectivity index (χ2v) is 5.96. The van der Waals surface area contributed by atoms with Crippen LogP contribution in [0.4, 0.5) is 16.2 Å². The van der Waals surface area contributed by atoms with Gasteiger partial charge in [-0.15, -0.1) is 0 Å². The van der Waals surface area contributed by atoms with Crippen LogP contribution < -0.4 is 15.5 Å². The number of hydrogen-bond acceptors (Lipinski definition) is 5. The Labute approximate surface area is 134 Å². The molecule has 0 radical (unpaired) electrons.